The van der Waals surface area contributed by atoms with Crippen LogP contribution in [0.25, 0.3) is 0 Å². The molecule has 1 fully saturated rings. The van der Waals surface area contributed by atoms with Crippen molar-refractivity contribution < 1.29 is 14.3 Å². The second kappa shape index (κ2) is 7.00. The molecule has 0 aromatic heterocycles. The van der Waals surface area contributed by atoms with E-state index in [0.717, 1.165) is 12.8 Å². The number of aryl methyl sites for hydroxylation is 1. The van der Waals surface area contributed by atoms with Crippen LogP contribution in [0.2, 0.25) is 0 Å². The van der Waals surface area contributed by atoms with Crippen molar-refractivity contribution in [2.24, 2.45) is 5.92 Å². The van der Waals surface area contributed by atoms with Crippen LogP contribution < -0.4 is 0 Å². The minimum Gasteiger partial charge on any atom is -0.356 e. The summed E-state index contributed by atoms with van der Waals surface area (Å²) in [4.78, 5) is 12.3. The highest BCUT2D eigenvalue weighted by Gasteiger charge is 2.34. The Bertz CT molecular complexity index is 434. The SMILES string of the molecule is COC(CC1C(=O)CCCC1c1ccc(C)cc1)OC. The van der Waals surface area contributed by atoms with Crippen LogP contribution in [0.3, 0.4) is 0 Å². The van der Waals surface area contributed by atoms with Crippen LogP contribution >= 0.6 is 0 Å². The molecule has 0 spiro atoms. The van der Waals surface area contributed by atoms with E-state index >= 15 is 0 Å². The molecular formula is C17H24O3. The van der Waals surface area contributed by atoms with E-state index in [0.29, 0.717) is 24.5 Å². The minimum atomic E-state index is -0.296. The van der Waals surface area contributed by atoms with Crippen LogP contribution in [0.15, 0.2) is 24.3 Å². The number of benzene rings is 1. The molecule has 2 rings (SSSR count). The van der Waals surface area contributed by atoms with Gasteiger partial charge >= 0.3 is 0 Å². The van der Waals surface area contributed by atoms with Crippen LogP contribution in [0, 0.1) is 12.8 Å². The lowest BCUT2D eigenvalue weighted by molar-refractivity contribution is -0.138. The second-order valence-electron chi connectivity index (χ2n) is 5.62. The van der Waals surface area contributed by atoms with Gasteiger partial charge in [0.25, 0.3) is 0 Å². The summed E-state index contributed by atoms with van der Waals surface area (Å²) in [6.07, 6.45) is 3.09. The number of rotatable bonds is 5. The third-order valence-corrected chi connectivity index (χ3v) is 4.32. The lowest BCUT2D eigenvalue weighted by atomic mass is 9.73. The average Bonchev–Trinajstić information content (AvgIpc) is 2.47. The maximum Gasteiger partial charge on any atom is 0.157 e. The summed E-state index contributed by atoms with van der Waals surface area (Å²) in [5.74, 6) is 0.655. The molecule has 20 heavy (non-hydrogen) atoms. The number of carbonyl (C=O) groups excluding carboxylic acids is 1. The topological polar surface area (TPSA) is 35.5 Å². The van der Waals surface area contributed by atoms with Gasteiger partial charge in [0.2, 0.25) is 0 Å². The Morgan fingerprint density at radius 1 is 1.20 bits per heavy atom. The van der Waals surface area contributed by atoms with Crippen molar-refractivity contribution in [2.45, 2.75) is 44.8 Å². The maximum absolute atomic E-state index is 12.3. The first-order chi connectivity index (χ1) is 9.65. The summed E-state index contributed by atoms with van der Waals surface area (Å²) in [6.45, 7) is 2.08. The molecular weight excluding hydrogens is 252 g/mol. The van der Waals surface area contributed by atoms with Crippen molar-refractivity contribution >= 4 is 5.78 Å². The molecule has 2 unspecified atom stereocenters. The number of methoxy groups -OCH3 is 2. The van der Waals surface area contributed by atoms with Gasteiger partial charge in [0.05, 0.1) is 0 Å². The number of ketones is 1. The molecule has 1 aromatic carbocycles. The van der Waals surface area contributed by atoms with Crippen molar-refractivity contribution in [2.75, 3.05) is 14.2 Å². The molecule has 0 radical (unpaired) electrons. The molecule has 3 nitrogen and oxygen atoms in total. The summed E-state index contributed by atoms with van der Waals surface area (Å²) in [7, 11) is 3.25. The molecule has 1 aliphatic rings. The van der Waals surface area contributed by atoms with E-state index in [9.17, 15) is 4.79 Å². The van der Waals surface area contributed by atoms with Gasteiger partial charge in [0.15, 0.2) is 6.29 Å². The van der Waals surface area contributed by atoms with Gasteiger partial charge in [0, 0.05) is 33.0 Å². The van der Waals surface area contributed by atoms with Gasteiger partial charge in [-0.05, 0) is 31.2 Å². The fourth-order valence-electron chi connectivity index (χ4n) is 3.11. The first kappa shape index (κ1) is 15.2. The number of ether oxygens (including phenoxy) is 2. The Morgan fingerprint density at radius 2 is 1.85 bits per heavy atom. The molecule has 0 N–H and O–H groups in total. The maximum atomic E-state index is 12.3. The number of hydrogen-bond acceptors (Lipinski definition) is 3. The zero-order valence-corrected chi connectivity index (χ0v) is 12.6. The molecule has 0 bridgehead atoms. The summed E-state index contributed by atoms with van der Waals surface area (Å²) < 4.78 is 10.6. The van der Waals surface area contributed by atoms with Crippen LogP contribution in [0.5, 0.6) is 0 Å². The Morgan fingerprint density at radius 3 is 2.45 bits per heavy atom. The summed E-state index contributed by atoms with van der Waals surface area (Å²) in [5.41, 5.74) is 2.51. The van der Waals surface area contributed by atoms with Crippen molar-refractivity contribution in [1.82, 2.24) is 0 Å². The standard InChI is InChI=1S/C17H24O3/c1-12-7-9-13(10-8-12)14-5-4-6-16(18)15(14)11-17(19-2)20-3/h7-10,14-15,17H,4-6,11H2,1-3H3. The predicted molar refractivity (Wildman–Crippen MR) is 78.7 cm³/mol. The summed E-state index contributed by atoms with van der Waals surface area (Å²) in [6, 6.07) is 8.55. The Labute approximate surface area is 121 Å². The molecule has 110 valence electrons. The van der Waals surface area contributed by atoms with E-state index in [1.807, 2.05) is 0 Å². The van der Waals surface area contributed by atoms with E-state index in [-0.39, 0.29) is 12.2 Å². The molecule has 1 aromatic rings. The fraction of sp³-hybridized carbons (Fsp3) is 0.588. The number of carbonyl (C=O) groups is 1. The third kappa shape index (κ3) is 3.47. The highest BCUT2D eigenvalue weighted by molar-refractivity contribution is 5.82. The minimum absolute atomic E-state index is 0.0105. The lowest BCUT2D eigenvalue weighted by Crippen LogP contribution is -2.31. The molecule has 0 heterocycles. The lowest BCUT2D eigenvalue weighted by Gasteiger charge is -2.32. The van der Waals surface area contributed by atoms with Gasteiger partial charge < -0.3 is 9.47 Å². The molecule has 3 heteroatoms. The molecule has 1 saturated carbocycles. The van der Waals surface area contributed by atoms with Crippen LogP contribution in [-0.4, -0.2) is 26.3 Å². The molecule has 1 aliphatic carbocycles. The normalized spacial score (nSPS) is 23.3. The third-order valence-electron chi connectivity index (χ3n) is 4.32. The molecule has 0 amide bonds. The van der Waals surface area contributed by atoms with E-state index in [4.69, 9.17) is 9.47 Å². The van der Waals surface area contributed by atoms with Gasteiger partial charge in [0.1, 0.15) is 5.78 Å². The predicted octanol–water partition coefficient (Wildman–Crippen LogP) is 3.46. The fourth-order valence-corrected chi connectivity index (χ4v) is 3.11. The summed E-state index contributed by atoms with van der Waals surface area (Å²) >= 11 is 0. The first-order valence-electron chi connectivity index (χ1n) is 7.30. The Kier molecular flexibility index (Phi) is 5.32. The summed E-state index contributed by atoms with van der Waals surface area (Å²) in [5, 5.41) is 0. The van der Waals surface area contributed by atoms with Gasteiger partial charge in [-0.3, -0.25) is 4.79 Å². The van der Waals surface area contributed by atoms with Crippen molar-refractivity contribution in [1.29, 1.82) is 0 Å². The molecule has 0 aliphatic heterocycles. The zero-order chi connectivity index (χ0) is 14.5. The van der Waals surface area contributed by atoms with E-state index in [1.54, 1.807) is 14.2 Å². The van der Waals surface area contributed by atoms with E-state index in [2.05, 4.69) is 31.2 Å². The Balaban J connectivity index is 2.19. The average molecular weight is 276 g/mol. The van der Waals surface area contributed by atoms with Crippen LogP contribution in [0.1, 0.15) is 42.7 Å². The van der Waals surface area contributed by atoms with Crippen LogP contribution in [-0.2, 0) is 14.3 Å². The number of Topliss-reactive ketones (excluding diaryl/α,β-unsaturated/α-hetero) is 1. The monoisotopic (exact) mass is 276 g/mol. The Hall–Kier alpha value is -1.19. The van der Waals surface area contributed by atoms with Crippen LogP contribution in [0.4, 0.5) is 0 Å². The van der Waals surface area contributed by atoms with E-state index < -0.39 is 0 Å². The van der Waals surface area contributed by atoms with Crippen molar-refractivity contribution in [3.63, 3.8) is 0 Å². The smallest absolute Gasteiger partial charge is 0.157 e. The van der Waals surface area contributed by atoms with Gasteiger partial charge in [-0.25, -0.2) is 0 Å². The first-order valence-corrected chi connectivity index (χ1v) is 7.30. The molecule has 2 atom stereocenters. The van der Waals surface area contributed by atoms with Gasteiger partial charge in [-0.15, -0.1) is 0 Å². The van der Waals surface area contributed by atoms with Gasteiger partial charge in [-0.1, -0.05) is 29.8 Å². The highest BCUT2D eigenvalue weighted by atomic mass is 16.7. The van der Waals surface area contributed by atoms with E-state index in [1.165, 1.54) is 11.1 Å². The largest absolute Gasteiger partial charge is 0.356 e. The number of hydrogen-bond donors (Lipinski definition) is 0. The van der Waals surface area contributed by atoms with Gasteiger partial charge in [-0.2, -0.15) is 0 Å². The van der Waals surface area contributed by atoms with Crippen molar-refractivity contribution in [3.05, 3.63) is 35.4 Å². The van der Waals surface area contributed by atoms with Crippen molar-refractivity contribution in [3.8, 4) is 0 Å². The second-order valence-corrected chi connectivity index (χ2v) is 5.62. The highest BCUT2D eigenvalue weighted by Crippen LogP contribution is 2.38. The zero-order valence-electron chi connectivity index (χ0n) is 12.6. The molecule has 0 saturated heterocycles. The quantitative estimate of drug-likeness (QED) is 0.773.